The third-order valence-corrected chi connectivity index (χ3v) is 6.70. The molecule has 7 heteroatoms. The Hall–Kier alpha value is -2.22. The molecule has 1 fully saturated rings. The van der Waals surface area contributed by atoms with Crippen LogP contribution in [-0.2, 0) is 6.54 Å². The molecular formula is C23H30N4O2S. The van der Waals surface area contributed by atoms with Crippen molar-refractivity contribution in [3.63, 3.8) is 0 Å². The van der Waals surface area contributed by atoms with Gasteiger partial charge in [0.05, 0.1) is 12.3 Å². The number of amides is 1. The van der Waals surface area contributed by atoms with Gasteiger partial charge in [0.15, 0.2) is 0 Å². The Morgan fingerprint density at radius 2 is 2.17 bits per heavy atom. The molecule has 6 nitrogen and oxygen atoms in total. The van der Waals surface area contributed by atoms with Crippen molar-refractivity contribution in [3.8, 4) is 10.6 Å². The smallest absolute Gasteiger partial charge is 0.263 e. The van der Waals surface area contributed by atoms with Crippen molar-refractivity contribution >= 4 is 28.1 Å². The van der Waals surface area contributed by atoms with Crippen molar-refractivity contribution in [2.24, 2.45) is 0 Å². The Morgan fingerprint density at radius 1 is 1.37 bits per heavy atom. The van der Waals surface area contributed by atoms with E-state index in [0.29, 0.717) is 4.88 Å². The molecule has 0 radical (unpaired) electrons. The molecule has 0 spiro atoms. The molecule has 160 valence electrons. The molecule has 1 amide bonds. The van der Waals surface area contributed by atoms with Crippen LogP contribution in [0.25, 0.3) is 21.5 Å². The van der Waals surface area contributed by atoms with E-state index >= 15 is 0 Å². The fourth-order valence-corrected chi connectivity index (χ4v) is 5.03. The van der Waals surface area contributed by atoms with Crippen molar-refractivity contribution in [1.82, 2.24) is 20.2 Å². The molecule has 1 aliphatic heterocycles. The van der Waals surface area contributed by atoms with Crippen LogP contribution in [0.1, 0.15) is 54.7 Å². The Labute approximate surface area is 181 Å². The SMILES string of the molecule is Cc1nc(-c2ccc3[nH]c(CN4CCC[C@@H]4CO)cc3c2)sc1C(=O)NC(C)(C)C. The number of carbonyl (C=O) groups is 1. The van der Waals surface area contributed by atoms with Gasteiger partial charge in [-0.15, -0.1) is 11.3 Å². The van der Waals surface area contributed by atoms with Crippen molar-refractivity contribution in [2.45, 2.75) is 58.7 Å². The summed E-state index contributed by atoms with van der Waals surface area (Å²) < 4.78 is 0. The lowest BCUT2D eigenvalue weighted by molar-refractivity contribution is 0.0923. The van der Waals surface area contributed by atoms with E-state index in [1.54, 1.807) is 0 Å². The van der Waals surface area contributed by atoms with Crippen molar-refractivity contribution in [3.05, 3.63) is 40.5 Å². The summed E-state index contributed by atoms with van der Waals surface area (Å²) >= 11 is 1.44. The molecule has 3 heterocycles. The van der Waals surface area contributed by atoms with E-state index in [0.717, 1.165) is 58.8 Å². The van der Waals surface area contributed by atoms with Crippen LogP contribution in [0.3, 0.4) is 0 Å². The van der Waals surface area contributed by atoms with Gasteiger partial charge < -0.3 is 15.4 Å². The molecule has 1 atom stereocenters. The number of likely N-dealkylation sites (tertiary alicyclic amines) is 1. The van der Waals surface area contributed by atoms with Gasteiger partial charge in [0.1, 0.15) is 9.88 Å². The van der Waals surface area contributed by atoms with Gasteiger partial charge in [-0.1, -0.05) is 0 Å². The molecule has 3 N–H and O–H groups in total. The second-order valence-corrected chi connectivity index (χ2v) is 10.2. The molecule has 2 aromatic heterocycles. The second-order valence-electron chi connectivity index (χ2n) is 9.18. The molecule has 0 aliphatic carbocycles. The highest BCUT2D eigenvalue weighted by molar-refractivity contribution is 7.17. The maximum absolute atomic E-state index is 12.6. The summed E-state index contributed by atoms with van der Waals surface area (Å²) in [6, 6.07) is 8.71. The van der Waals surface area contributed by atoms with Crippen LogP contribution in [0.4, 0.5) is 0 Å². The van der Waals surface area contributed by atoms with Crippen molar-refractivity contribution in [2.75, 3.05) is 13.2 Å². The minimum atomic E-state index is -0.279. The number of rotatable bonds is 5. The molecular weight excluding hydrogens is 396 g/mol. The Bertz CT molecular complexity index is 1060. The van der Waals surface area contributed by atoms with Crippen LogP contribution >= 0.6 is 11.3 Å². The average Bonchev–Trinajstić information content (AvgIpc) is 3.37. The predicted octanol–water partition coefficient (Wildman–Crippen LogP) is 4.08. The first-order chi connectivity index (χ1) is 14.2. The van der Waals surface area contributed by atoms with Crippen LogP contribution in [0.5, 0.6) is 0 Å². The van der Waals surface area contributed by atoms with Crippen LogP contribution in [0.15, 0.2) is 24.3 Å². The largest absolute Gasteiger partial charge is 0.395 e. The number of aliphatic hydroxyl groups is 1. The van der Waals surface area contributed by atoms with Gasteiger partial charge in [-0.3, -0.25) is 9.69 Å². The first kappa shape index (κ1) is 21.0. The third-order valence-electron chi connectivity index (χ3n) is 5.50. The molecule has 3 aromatic rings. The van der Waals surface area contributed by atoms with Gasteiger partial charge >= 0.3 is 0 Å². The number of nitrogens with one attached hydrogen (secondary N) is 2. The predicted molar refractivity (Wildman–Crippen MR) is 122 cm³/mol. The van der Waals surface area contributed by atoms with Gasteiger partial charge in [0.2, 0.25) is 0 Å². The standard InChI is InChI=1S/C23H30N4O2S/c1-14-20(21(29)26-23(2,3)4)30-22(24-14)15-7-8-19-16(10-15)11-17(25-19)12-27-9-5-6-18(27)13-28/h7-8,10-11,18,25,28H,5-6,9,12-13H2,1-4H3,(H,26,29)/t18-/m1/s1. The number of thiazole rings is 1. The molecule has 30 heavy (non-hydrogen) atoms. The van der Waals surface area contributed by atoms with Gasteiger partial charge in [-0.05, 0) is 71.3 Å². The number of fused-ring (bicyclic) bond motifs is 1. The monoisotopic (exact) mass is 426 g/mol. The van der Waals surface area contributed by atoms with Gasteiger partial charge in [-0.25, -0.2) is 4.98 Å². The molecule has 0 unspecified atom stereocenters. The number of hydrogen-bond acceptors (Lipinski definition) is 5. The van der Waals surface area contributed by atoms with Crippen molar-refractivity contribution < 1.29 is 9.90 Å². The maximum atomic E-state index is 12.6. The average molecular weight is 427 g/mol. The number of hydrogen-bond donors (Lipinski definition) is 3. The fourth-order valence-electron chi connectivity index (χ4n) is 4.07. The number of aromatic nitrogens is 2. The van der Waals surface area contributed by atoms with E-state index in [1.807, 2.05) is 27.7 Å². The highest BCUT2D eigenvalue weighted by Gasteiger charge is 2.24. The lowest BCUT2D eigenvalue weighted by Crippen LogP contribution is -2.40. The number of aliphatic hydroxyl groups excluding tert-OH is 1. The van der Waals surface area contributed by atoms with Gasteiger partial charge in [0, 0.05) is 40.3 Å². The number of aromatic amines is 1. The highest BCUT2D eigenvalue weighted by Crippen LogP contribution is 2.31. The molecule has 1 saturated heterocycles. The second kappa shape index (κ2) is 8.13. The quantitative estimate of drug-likeness (QED) is 0.574. The summed E-state index contributed by atoms with van der Waals surface area (Å²) in [6.45, 7) is 9.89. The number of benzene rings is 1. The zero-order valence-electron chi connectivity index (χ0n) is 18.1. The first-order valence-corrected chi connectivity index (χ1v) is 11.3. The van der Waals surface area contributed by atoms with Gasteiger partial charge in [-0.2, -0.15) is 0 Å². The normalized spacial score (nSPS) is 17.7. The van der Waals surface area contributed by atoms with E-state index in [1.165, 1.54) is 11.3 Å². The summed E-state index contributed by atoms with van der Waals surface area (Å²) in [6.07, 6.45) is 2.21. The van der Waals surface area contributed by atoms with Crippen LogP contribution < -0.4 is 5.32 Å². The van der Waals surface area contributed by atoms with E-state index < -0.39 is 0 Å². The summed E-state index contributed by atoms with van der Waals surface area (Å²) in [5, 5.41) is 14.6. The summed E-state index contributed by atoms with van der Waals surface area (Å²) in [5.74, 6) is -0.0715. The maximum Gasteiger partial charge on any atom is 0.263 e. The van der Waals surface area contributed by atoms with E-state index in [2.05, 4.69) is 44.5 Å². The highest BCUT2D eigenvalue weighted by atomic mass is 32.1. The molecule has 1 aliphatic rings. The van der Waals surface area contributed by atoms with Crippen molar-refractivity contribution in [1.29, 1.82) is 0 Å². The number of H-pyrrole nitrogens is 1. The Morgan fingerprint density at radius 3 is 2.90 bits per heavy atom. The molecule has 1 aromatic carbocycles. The topological polar surface area (TPSA) is 81.2 Å². The van der Waals surface area contributed by atoms with Crippen LogP contribution in [0.2, 0.25) is 0 Å². The summed E-state index contributed by atoms with van der Waals surface area (Å²) in [7, 11) is 0. The van der Waals surface area contributed by atoms with Crippen LogP contribution in [-0.4, -0.2) is 50.6 Å². The Kier molecular flexibility index (Phi) is 5.70. The van der Waals surface area contributed by atoms with E-state index in [4.69, 9.17) is 0 Å². The molecule has 4 rings (SSSR count). The van der Waals surface area contributed by atoms with Gasteiger partial charge in [0.25, 0.3) is 5.91 Å². The number of aryl methyl sites for hydroxylation is 1. The summed E-state index contributed by atoms with van der Waals surface area (Å²) in [4.78, 5) is 23.8. The zero-order chi connectivity index (χ0) is 21.5. The van der Waals surface area contributed by atoms with Crippen LogP contribution in [0, 0.1) is 6.92 Å². The van der Waals surface area contributed by atoms with E-state index in [-0.39, 0.29) is 24.1 Å². The minimum absolute atomic E-state index is 0.0715. The zero-order valence-corrected chi connectivity index (χ0v) is 18.9. The summed E-state index contributed by atoms with van der Waals surface area (Å²) in [5.41, 5.74) is 3.75. The third kappa shape index (κ3) is 4.43. The first-order valence-electron chi connectivity index (χ1n) is 10.5. The Balaban J connectivity index is 1.57. The minimum Gasteiger partial charge on any atom is -0.395 e. The molecule has 0 bridgehead atoms. The lowest BCUT2D eigenvalue weighted by atomic mass is 10.1. The lowest BCUT2D eigenvalue weighted by Gasteiger charge is -2.21. The molecule has 0 saturated carbocycles. The van der Waals surface area contributed by atoms with E-state index in [9.17, 15) is 9.90 Å². The number of nitrogens with zero attached hydrogens (tertiary/aromatic N) is 2. The fraction of sp³-hybridized carbons (Fsp3) is 0.478. The number of carbonyl (C=O) groups excluding carboxylic acids is 1.